The SMILES string of the molecule is CC(C)C1CCN(C(=O)OC(C)(C)C)CC1C(=O)O. The molecule has 0 radical (unpaired) electrons. The Morgan fingerprint density at radius 1 is 1.32 bits per heavy atom. The summed E-state index contributed by atoms with van der Waals surface area (Å²) in [4.78, 5) is 24.8. The van der Waals surface area contributed by atoms with Gasteiger partial charge >= 0.3 is 12.1 Å². The van der Waals surface area contributed by atoms with Crippen molar-refractivity contribution in [3.63, 3.8) is 0 Å². The van der Waals surface area contributed by atoms with Gasteiger partial charge in [0.25, 0.3) is 0 Å². The van der Waals surface area contributed by atoms with Crippen molar-refractivity contribution in [3.05, 3.63) is 0 Å². The van der Waals surface area contributed by atoms with E-state index in [1.54, 1.807) is 20.8 Å². The average Bonchev–Trinajstić information content (AvgIpc) is 2.25. The van der Waals surface area contributed by atoms with Crippen molar-refractivity contribution in [2.24, 2.45) is 17.8 Å². The summed E-state index contributed by atoms with van der Waals surface area (Å²) < 4.78 is 5.30. The van der Waals surface area contributed by atoms with Crippen molar-refractivity contribution in [3.8, 4) is 0 Å². The molecule has 1 N–H and O–H groups in total. The number of carbonyl (C=O) groups is 2. The molecule has 1 heterocycles. The molecule has 5 nitrogen and oxygen atoms in total. The summed E-state index contributed by atoms with van der Waals surface area (Å²) in [6.07, 6.45) is 0.300. The molecule has 1 aliphatic heterocycles. The molecule has 1 fully saturated rings. The molecule has 110 valence electrons. The lowest BCUT2D eigenvalue weighted by atomic mass is 9.78. The fourth-order valence-electron chi connectivity index (χ4n) is 2.52. The van der Waals surface area contributed by atoms with E-state index in [0.29, 0.717) is 18.9 Å². The number of aliphatic carboxylic acids is 1. The summed E-state index contributed by atoms with van der Waals surface area (Å²) >= 11 is 0. The lowest BCUT2D eigenvalue weighted by Crippen LogP contribution is -2.49. The topological polar surface area (TPSA) is 66.8 Å². The maximum atomic E-state index is 12.0. The molecular weight excluding hydrogens is 246 g/mol. The van der Waals surface area contributed by atoms with Crippen molar-refractivity contribution in [1.29, 1.82) is 0 Å². The highest BCUT2D eigenvalue weighted by molar-refractivity contribution is 5.73. The van der Waals surface area contributed by atoms with Gasteiger partial charge in [0.1, 0.15) is 5.60 Å². The molecule has 0 aromatic carbocycles. The number of nitrogens with zero attached hydrogens (tertiary/aromatic N) is 1. The third-order valence-corrected chi connectivity index (χ3v) is 3.49. The summed E-state index contributed by atoms with van der Waals surface area (Å²) in [5, 5.41) is 9.31. The molecule has 1 amide bonds. The minimum atomic E-state index is -0.827. The summed E-state index contributed by atoms with van der Waals surface area (Å²) in [5.74, 6) is -0.897. The second kappa shape index (κ2) is 5.80. The minimum absolute atomic E-state index is 0.121. The number of carboxylic acid groups (broad SMARTS) is 1. The van der Waals surface area contributed by atoms with Crippen molar-refractivity contribution in [1.82, 2.24) is 4.90 Å². The molecule has 19 heavy (non-hydrogen) atoms. The molecule has 1 saturated heterocycles. The van der Waals surface area contributed by atoms with Crippen LogP contribution in [0.5, 0.6) is 0 Å². The average molecular weight is 271 g/mol. The van der Waals surface area contributed by atoms with E-state index in [1.807, 2.05) is 13.8 Å². The molecular formula is C14H25NO4. The molecule has 0 saturated carbocycles. The number of amides is 1. The van der Waals surface area contributed by atoms with Crippen molar-refractivity contribution < 1.29 is 19.4 Å². The standard InChI is InChI=1S/C14H25NO4/c1-9(2)10-6-7-15(8-11(10)12(16)17)13(18)19-14(3,4)5/h9-11H,6-8H2,1-5H3,(H,16,17). The summed E-state index contributed by atoms with van der Waals surface area (Å²) in [6.45, 7) is 10.3. The number of carbonyl (C=O) groups excluding carboxylic acids is 1. The van der Waals surface area contributed by atoms with E-state index < -0.39 is 23.6 Å². The van der Waals surface area contributed by atoms with Crippen LogP contribution in [0.2, 0.25) is 0 Å². The van der Waals surface area contributed by atoms with Crippen molar-refractivity contribution in [2.75, 3.05) is 13.1 Å². The molecule has 0 aliphatic carbocycles. The van der Waals surface area contributed by atoms with Crippen LogP contribution in [-0.4, -0.2) is 40.8 Å². The van der Waals surface area contributed by atoms with Crippen molar-refractivity contribution in [2.45, 2.75) is 46.6 Å². The first kappa shape index (κ1) is 15.8. The lowest BCUT2D eigenvalue weighted by Gasteiger charge is -2.38. The van der Waals surface area contributed by atoms with Crippen LogP contribution in [0, 0.1) is 17.8 Å². The second-order valence-electron chi connectivity index (χ2n) is 6.57. The first-order valence-corrected chi connectivity index (χ1v) is 6.82. The monoisotopic (exact) mass is 271 g/mol. The van der Waals surface area contributed by atoms with Crippen LogP contribution in [0.4, 0.5) is 4.79 Å². The van der Waals surface area contributed by atoms with Crippen LogP contribution in [0.1, 0.15) is 41.0 Å². The van der Waals surface area contributed by atoms with E-state index >= 15 is 0 Å². The maximum absolute atomic E-state index is 12.0. The second-order valence-corrected chi connectivity index (χ2v) is 6.57. The van der Waals surface area contributed by atoms with E-state index in [1.165, 1.54) is 4.90 Å². The Hall–Kier alpha value is -1.26. The number of hydrogen-bond donors (Lipinski definition) is 1. The van der Waals surface area contributed by atoms with Gasteiger partial charge < -0.3 is 14.7 Å². The van der Waals surface area contributed by atoms with E-state index in [-0.39, 0.29) is 12.5 Å². The van der Waals surface area contributed by atoms with Gasteiger partial charge in [-0.05, 0) is 39.0 Å². The van der Waals surface area contributed by atoms with Crippen LogP contribution in [-0.2, 0) is 9.53 Å². The predicted molar refractivity (Wildman–Crippen MR) is 71.9 cm³/mol. The van der Waals surface area contributed by atoms with Crippen LogP contribution < -0.4 is 0 Å². The summed E-state index contributed by atoms with van der Waals surface area (Å²) in [5.41, 5.74) is -0.551. The van der Waals surface area contributed by atoms with E-state index in [4.69, 9.17) is 4.74 Å². The van der Waals surface area contributed by atoms with Crippen LogP contribution in [0.15, 0.2) is 0 Å². The first-order chi connectivity index (χ1) is 8.61. The number of piperidine rings is 1. The zero-order valence-corrected chi connectivity index (χ0v) is 12.5. The largest absolute Gasteiger partial charge is 0.481 e. The highest BCUT2D eigenvalue weighted by atomic mass is 16.6. The Balaban J connectivity index is 2.71. The van der Waals surface area contributed by atoms with E-state index in [9.17, 15) is 14.7 Å². The highest BCUT2D eigenvalue weighted by Gasteiger charge is 2.38. The van der Waals surface area contributed by atoms with Gasteiger partial charge in [-0.25, -0.2) is 4.79 Å². The molecule has 0 aromatic heterocycles. The van der Waals surface area contributed by atoms with Crippen LogP contribution in [0.25, 0.3) is 0 Å². The first-order valence-electron chi connectivity index (χ1n) is 6.82. The zero-order chi connectivity index (χ0) is 14.8. The van der Waals surface area contributed by atoms with Gasteiger partial charge in [0, 0.05) is 13.1 Å². The van der Waals surface area contributed by atoms with Gasteiger partial charge in [-0.3, -0.25) is 4.79 Å². The quantitative estimate of drug-likeness (QED) is 0.838. The fraction of sp³-hybridized carbons (Fsp3) is 0.857. The van der Waals surface area contributed by atoms with Gasteiger partial charge in [-0.2, -0.15) is 0 Å². The predicted octanol–water partition coefficient (Wildman–Crippen LogP) is 2.60. The molecule has 5 heteroatoms. The Labute approximate surface area is 114 Å². The molecule has 0 spiro atoms. The minimum Gasteiger partial charge on any atom is -0.481 e. The van der Waals surface area contributed by atoms with E-state index in [0.717, 1.165) is 0 Å². The molecule has 1 rings (SSSR count). The van der Waals surface area contributed by atoms with Gasteiger partial charge in [-0.1, -0.05) is 13.8 Å². The van der Waals surface area contributed by atoms with Crippen LogP contribution in [0.3, 0.4) is 0 Å². The van der Waals surface area contributed by atoms with Gasteiger partial charge in [0.15, 0.2) is 0 Å². The Bertz CT molecular complexity index is 346. The van der Waals surface area contributed by atoms with E-state index in [2.05, 4.69) is 0 Å². The van der Waals surface area contributed by atoms with Gasteiger partial charge in [0.05, 0.1) is 5.92 Å². The lowest BCUT2D eigenvalue weighted by molar-refractivity contribution is -0.146. The van der Waals surface area contributed by atoms with Crippen molar-refractivity contribution >= 4 is 12.1 Å². The number of likely N-dealkylation sites (tertiary alicyclic amines) is 1. The Morgan fingerprint density at radius 2 is 1.89 bits per heavy atom. The summed E-state index contributed by atoms with van der Waals surface area (Å²) in [7, 11) is 0. The summed E-state index contributed by atoms with van der Waals surface area (Å²) in [6, 6.07) is 0. The molecule has 0 bridgehead atoms. The van der Waals surface area contributed by atoms with Gasteiger partial charge in [0.2, 0.25) is 0 Å². The maximum Gasteiger partial charge on any atom is 0.410 e. The number of rotatable bonds is 2. The fourth-order valence-corrected chi connectivity index (χ4v) is 2.52. The Morgan fingerprint density at radius 3 is 2.32 bits per heavy atom. The van der Waals surface area contributed by atoms with Gasteiger partial charge in [-0.15, -0.1) is 0 Å². The Kier molecular flexibility index (Phi) is 4.82. The van der Waals surface area contributed by atoms with Crippen LogP contribution >= 0.6 is 0 Å². The number of carboxylic acids is 1. The molecule has 2 unspecified atom stereocenters. The number of ether oxygens (including phenoxy) is 1. The third-order valence-electron chi connectivity index (χ3n) is 3.49. The number of hydrogen-bond acceptors (Lipinski definition) is 3. The third kappa shape index (κ3) is 4.40. The molecule has 1 aliphatic rings. The highest BCUT2D eigenvalue weighted by Crippen LogP contribution is 2.30. The smallest absolute Gasteiger partial charge is 0.410 e. The molecule has 2 atom stereocenters. The zero-order valence-electron chi connectivity index (χ0n) is 12.5. The molecule has 0 aromatic rings. The normalized spacial score (nSPS) is 24.4.